The average molecular weight is 253 g/mol. The zero-order valence-corrected chi connectivity index (χ0v) is 11.0. The third-order valence-corrected chi connectivity index (χ3v) is 2.81. The van der Waals surface area contributed by atoms with Crippen LogP contribution in [0.15, 0.2) is 12.7 Å². The Balaban J connectivity index is 2.05. The second-order valence-electron chi connectivity index (χ2n) is 4.45. The first-order valence-electron chi connectivity index (χ1n) is 6.59. The largest absolute Gasteiger partial charge is 0.355 e. The second-order valence-corrected chi connectivity index (χ2v) is 4.45. The predicted molar refractivity (Wildman–Crippen MR) is 69.8 cm³/mol. The molecule has 6 heteroatoms. The van der Waals surface area contributed by atoms with E-state index in [1.165, 1.54) is 0 Å². The highest BCUT2D eigenvalue weighted by Gasteiger charge is 2.11. The molecule has 1 aromatic rings. The van der Waals surface area contributed by atoms with Gasteiger partial charge in [-0.1, -0.05) is 13.3 Å². The van der Waals surface area contributed by atoms with Crippen LogP contribution in [0.3, 0.4) is 0 Å². The zero-order chi connectivity index (χ0) is 13.2. The van der Waals surface area contributed by atoms with Gasteiger partial charge in [0.2, 0.25) is 5.91 Å². The van der Waals surface area contributed by atoms with E-state index in [0.717, 1.165) is 45.2 Å². The molecule has 0 aliphatic rings. The molecule has 102 valence electrons. The third-order valence-electron chi connectivity index (χ3n) is 2.81. The molecule has 1 rings (SSSR count). The van der Waals surface area contributed by atoms with Gasteiger partial charge in [0, 0.05) is 13.1 Å². The summed E-state index contributed by atoms with van der Waals surface area (Å²) in [5.74, 6) is -0.0345. The van der Waals surface area contributed by atoms with Gasteiger partial charge in [-0.3, -0.25) is 4.79 Å². The van der Waals surface area contributed by atoms with Crippen LogP contribution in [-0.2, 0) is 11.3 Å². The number of carbonyl (C=O) groups is 1. The van der Waals surface area contributed by atoms with E-state index < -0.39 is 0 Å². The first-order valence-corrected chi connectivity index (χ1v) is 6.59. The number of amides is 1. The van der Waals surface area contributed by atoms with E-state index in [4.69, 9.17) is 5.73 Å². The number of aryl methyl sites for hydroxylation is 1. The second kappa shape index (κ2) is 8.63. The predicted octanol–water partition coefficient (Wildman–Crippen LogP) is 0.692. The molecule has 1 unspecified atom stereocenters. The number of hydrogen-bond donors (Lipinski definition) is 2. The highest BCUT2D eigenvalue weighted by molar-refractivity contribution is 5.81. The average Bonchev–Trinajstić information content (AvgIpc) is 2.87. The van der Waals surface area contributed by atoms with E-state index in [0.29, 0.717) is 0 Å². The molecule has 18 heavy (non-hydrogen) atoms. The van der Waals surface area contributed by atoms with Gasteiger partial charge >= 0.3 is 0 Å². The Morgan fingerprint density at radius 2 is 2.06 bits per heavy atom. The number of unbranched alkanes of at least 4 members (excludes halogenated alkanes) is 2. The van der Waals surface area contributed by atoms with Crippen molar-refractivity contribution < 1.29 is 4.79 Å². The monoisotopic (exact) mass is 253 g/mol. The van der Waals surface area contributed by atoms with Crippen LogP contribution in [-0.4, -0.2) is 33.3 Å². The van der Waals surface area contributed by atoms with Gasteiger partial charge in [0.1, 0.15) is 12.7 Å². The first-order chi connectivity index (χ1) is 8.74. The Hall–Kier alpha value is -1.43. The molecule has 1 atom stereocenters. The maximum atomic E-state index is 11.6. The topological polar surface area (TPSA) is 85.8 Å². The van der Waals surface area contributed by atoms with Crippen molar-refractivity contribution in [1.82, 2.24) is 20.1 Å². The summed E-state index contributed by atoms with van der Waals surface area (Å²) in [5, 5.41) is 10.3. The van der Waals surface area contributed by atoms with Crippen molar-refractivity contribution in [2.75, 3.05) is 6.54 Å². The summed E-state index contributed by atoms with van der Waals surface area (Å²) in [6.45, 7) is 3.69. The van der Waals surface area contributed by atoms with Crippen LogP contribution >= 0.6 is 0 Å². The minimum Gasteiger partial charge on any atom is -0.355 e. The van der Waals surface area contributed by atoms with Crippen LogP contribution < -0.4 is 11.1 Å². The third kappa shape index (κ3) is 5.77. The number of carbonyl (C=O) groups excluding carboxylic acids is 1. The van der Waals surface area contributed by atoms with E-state index in [9.17, 15) is 4.79 Å². The molecule has 3 N–H and O–H groups in total. The lowest BCUT2D eigenvalue weighted by atomic mass is 10.1. The van der Waals surface area contributed by atoms with Gasteiger partial charge in [0.15, 0.2) is 0 Å². The van der Waals surface area contributed by atoms with Gasteiger partial charge in [-0.05, 0) is 25.7 Å². The highest BCUT2D eigenvalue weighted by Crippen LogP contribution is 2.01. The maximum Gasteiger partial charge on any atom is 0.236 e. The molecule has 1 aromatic heterocycles. The van der Waals surface area contributed by atoms with E-state index >= 15 is 0 Å². The van der Waals surface area contributed by atoms with Gasteiger partial charge < -0.3 is 15.6 Å². The smallest absolute Gasteiger partial charge is 0.236 e. The highest BCUT2D eigenvalue weighted by atomic mass is 16.2. The van der Waals surface area contributed by atoms with Gasteiger partial charge in [0.05, 0.1) is 6.04 Å². The van der Waals surface area contributed by atoms with Crippen LogP contribution in [0.2, 0.25) is 0 Å². The lowest BCUT2D eigenvalue weighted by molar-refractivity contribution is -0.122. The van der Waals surface area contributed by atoms with Crippen molar-refractivity contribution >= 4 is 5.91 Å². The molecule has 1 amide bonds. The van der Waals surface area contributed by atoms with Crippen molar-refractivity contribution in [2.45, 2.75) is 51.6 Å². The number of nitrogens with zero attached hydrogens (tertiary/aromatic N) is 3. The molecular weight excluding hydrogens is 230 g/mol. The van der Waals surface area contributed by atoms with Crippen LogP contribution in [0.4, 0.5) is 0 Å². The van der Waals surface area contributed by atoms with Crippen LogP contribution in [0.1, 0.15) is 39.0 Å². The Bertz CT molecular complexity index is 325. The summed E-state index contributed by atoms with van der Waals surface area (Å²) in [7, 11) is 0. The number of aromatic nitrogens is 3. The minimum atomic E-state index is -0.386. The molecule has 0 spiro atoms. The molecular formula is C12H23N5O. The number of hydrogen-bond acceptors (Lipinski definition) is 4. The minimum absolute atomic E-state index is 0.0345. The fraction of sp³-hybridized carbons (Fsp3) is 0.750. The summed E-state index contributed by atoms with van der Waals surface area (Å²) in [6, 6.07) is -0.386. The summed E-state index contributed by atoms with van der Waals surface area (Å²) in [4.78, 5) is 11.6. The first kappa shape index (κ1) is 14.6. The lowest BCUT2D eigenvalue weighted by Crippen LogP contribution is -2.40. The Kier molecular flexibility index (Phi) is 7.01. The summed E-state index contributed by atoms with van der Waals surface area (Å²) < 4.78 is 1.92. The van der Waals surface area contributed by atoms with Gasteiger partial charge in [-0.2, -0.15) is 0 Å². The molecule has 1 heterocycles. The molecule has 0 bridgehead atoms. The molecule has 0 saturated carbocycles. The lowest BCUT2D eigenvalue weighted by Gasteiger charge is -2.11. The molecule has 0 aromatic carbocycles. The van der Waals surface area contributed by atoms with Gasteiger partial charge in [-0.25, -0.2) is 0 Å². The fourth-order valence-corrected chi connectivity index (χ4v) is 1.65. The molecule has 6 nitrogen and oxygen atoms in total. The van der Waals surface area contributed by atoms with Crippen molar-refractivity contribution in [3.63, 3.8) is 0 Å². The summed E-state index contributed by atoms with van der Waals surface area (Å²) >= 11 is 0. The number of rotatable bonds is 9. The van der Waals surface area contributed by atoms with Crippen molar-refractivity contribution in [2.24, 2.45) is 5.73 Å². The van der Waals surface area contributed by atoms with E-state index in [2.05, 4.69) is 22.4 Å². The fourth-order valence-electron chi connectivity index (χ4n) is 1.65. The summed E-state index contributed by atoms with van der Waals surface area (Å²) in [5.41, 5.74) is 5.82. The van der Waals surface area contributed by atoms with Crippen molar-refractivity contribution in [3.05, 3.63) is 12.7 Å². The summed E-state index contributed by atoms with van der Waals surface area (Å²) in [6.07, 6.45) is 8.10. The number of nitrogens with one attached hydrogen (secondary N) is 1. The van der Waals surface area contributed by atoms with E-state index in [1.807, 2.05) is 4.57 Å². The Morgan fingerprint density at radius 1 is 1.33 bits per heavy atom. The normalized spacial score (nSPS) is 12.3. The van der Waals surface area contributed by atoms with Crippen molar-refractivity contribution in [3.8, 4) is 0 Å². The van der Waals surface area contributed by atoms with Gasteiger partial charge in [0.25, 0.3) is 0 Å². The number of nitrogens with two attached hydrogens (primary N) is 1. The van der Waals surface area contributed by atoms with Crippen LogP contribution in [0, 0.1) is 0 Å². The Morgan fingerprint density at radius 3 is 2.72 bits per heavy atom. The van der Waals surface area contributed by atoms with E-state index in [-0.39, 0.29) is 11.9 Å². The molecule has 0 saturated heterocycles. The quantitative estimate of drug-likeness (QED) is 0.634. The van der Waals surface area contributed by atoms with Crippen LogP contribution in [0.25, 0.3) is 0 Å². The Labute approximate surface area is 108 Å². The van der Waals surface area contributed by atoms with E-state index in [1.54, 1.807) is 12.7 Å². The SMILES string of the molecule is CCCCNC(=O)C(N)CCCCn1cnnc1. The molecule has 0 aliphatic heterocycles. The van der Waals surface area contributed by atoms with Crippen LogP contribution in [0.5, 0.6) is 0 Å². The molecule has 0 fully saturated rings. The maximum absolute atomic E-state index is 11.6. The zero-order valence-electron chi connectivity index (χ0n) is 11.0. The standard InChI is InChI=1S/C12H23N5O/c1-2-3-7-14-12(18)11(13)6-4-5-8-17-9-15-16-10-17/h9-11H,2-8,13H2,1H3,(H,14,18). The molecule has 0 aliphatic carbocycles. The van der Waals surface area contributed by atoms with Gasteiger partial charge in [-0.15, -0.1) is 10.2 Å². The van der Waals surface area contributed by atoms with Crippen molar-refractivity contribution in [1.29, 1.82) is 0 Å². The molecule has 0 radical (unpaired) electrons.